The van der Waals surface area contributed by atoms with E-state index in [0.717, 1.165) is 25.7 Å². The summed E-state index contributed by atoms with van der Waals surface area (Å²) in [4.78, 5) is 12.6. The molecule has 0 radical (unpaired) electrons. The van der Waals surface area contributed by atoms with Crippen molar-refractivity contribution in [2.24, 2.45) is 5.73 Å². The van der Waals surface area contributed by atoms with Crippen LogP contribution in [0.3, 0.4) is 0 Å². The standard InChI is InChI=1S/C20H32N4O4S/c1-12(2)19-11-18(23-28-19)20(25)22-14-9-15-5-6-16(10-14)24(15)29(26,27)17-7-3-13(21)4-8-17/h11-17H,3-10,21H2,1-2H3,(H,22,25)/t13-,14-,15+,16-,17-. The smallest absolute Gasteiger partial charge is 0.273 e. The van der Waals surface area contributed by atoms with Crippen LogP contribution in [0.1, 0.15) is 87.4 Å². The van der Waals surface area contributed by atoms with Gasteiger partial charge in [0, 0.05) is 36.2 Å². The van der Waals surface area contributed by atoms with Crippen molar-refractivity contribution in [2.45, 2.75) is 101 Å². The Bertz CT molecular complexity index is 830. The van der Waals surface area contributed by atoms with Crippen LogP contribution >= 0.6 is 0 Å². The first-order valence-electron chi connectivity index (χ1n) is 10.8. The van der Waals surface area contributed by atoms with E-state index in [2.05, 4.69) is 10.5 Å². The summed E-state index contributed by atoms with van der Waals surface area (Å²) in [6, 6.07) is 1.73. The maximum atomic E-state index is 13.3. The SMILES string of the molecule is CC(C)c1cc(C(=O)N[C@H]2C[C@H]3CC[C@@H](C2)N3S(=O)(=O)[C@H]2CC[C@H](N)CC2)no1. The van der Waals surface area contributed by atoms with Gasteiger partial charge in [0.05, 0.1) is 5.25 Å². The molecular weight excluding hydrogens is 392 g/mol. The van der Waals surface area contributed by atoms with Gasteiger partial charge in [-0.3, -0.25) is 4.79 Å². The lowest BCUT2D eigenvalue weighted by Gasteiger charge is -2.40. The molecule has 162 valence electrons. The van der Waals surface area contributed by atoms with E-state index < -0.39 is 10.0 Å². The molecule has 1 saturated carbocycles. The number of piperidine rings is 1. The number of hydrogen-bond donors (Lipinski definition) is 2. The summed E-state index contributed by atoms with van der Waals surface area (Å²) in [5.74, 6) is 0.605. The first-order chi connectivity index (χ1) is 13.8. The number of nitrogens with one attached hydrogen (secondary N) is 1. The van der Waals surface area contributed by atoms with Crippen LogP contribution in [-0.4, -0.2) is 53.2 Å². The van der Waals surface area contributed by atoms with Crippen LogP contribution in [0.4, 0.5) is 0 Å². The molecule has 4 rings (SSSR count). The lowest BCUT2D eigenvalue weighted by molar-refractivity contribution is 0.0899. The van der Waals surface area contributed by atoms with Crippen molar-refractivity contribution in [2.75, 3.05) is 0 Å². The Labute approximate surface area is 172 Å². The fourth-order valence-electron chi connectivity index (χ4n) is 5.15. The molecule has 9 heteroatoms. The molecule has 3 fully saturated rings. The summed E-state index contributed by atoms with van der Waals surface area (Å²) < 4.78 is 33.6. The van der Waals surface area contributed by atoms with Gasteiger partial charge >= 0.3 is 0 Å². The van der Waals surface area contributed by atoms with E-state index in [0.29, 0.717) is 31.4 Å². The van der Waals surface area contributed by atoms with E-state index in [-0.39, 0.29) is 46.9 Å². The minimum absolute atomic E-state index is 0.0248. The summed E-state index contributed by atoms with van der Waals surface area (Å²) in [6.07, 6.45) is 5.91. The van der Waals surface area contributed by atoms with E-state index in [4.69, 9.17) is 10.3 Å². The summed E-state index contributed by atoms with van der Waals surface area (Å²) in [6.45, 7) is 3.96. The largest absolute Gasteiger partial charge is 0.360 e. The second-order valence-electron chi connectivity index (χ2n) is 9.21. The molecule has 0 spiro atoms. The van der Waals surface area contributed by atoms with Crippen LogP contribution in [0, 0.1) is 0 Å². The van der Waals surface area contributed by atoms with E-state index in [1.165, 1.54) is 0 Å². The van der Waals surface area contributed by atoms with Gasteiger partial charge in [0.15, 0.2) is 5.69 Å². The number of nitrogens with two attached hydrogens (primary N) is 1. The number of aromatic nitrogens is 1. The first-order valence-corrected chi connectivity index (χ1v) is 12.3. The zero-order valence-corrected chi connectivity index (χ0v) is 18.0. The fourth-order valence-corrected chi connectivity index (χ4v) is 7.58. The molecule has 3 atom stereocenters. The molecule has 8 nitrogen and oxygen atoms in total. The molecule has 29 heavy (non-hydrogen) atoms. The van der Waals surface area contributed by atoms with Gasteiger partial charge in [-0.2, -0.15) is 4.31 Å². The molecule has 0 aromatic carbocycles. The molecule has 2 aliphatic heterocycles. The fraction of sp³-hybridized carbons (Fsp3) is 0.800. The van der Waals surface area contributed by atoms with Gasteiger partial charge in [0.25, 0.3) is 5.91 Å². The Balaban J connectivity index is 1.40. The second kappa shape index (κ2) is 8.00. The summed E-state index contributed by atoms with van der Waals surface area (Å²) in [7, 11) is -3.32. The zero-order valence-electron chi connectivity index (χ0n) is 17.2. The van der Waals surface area contributed by atoms with E-state index >= 15 is 0 Å². The highest BCUT2D eigenvalue weighted by atomic mass is 32.2. The van der Waals surface area contributed by atoms with Crippen LogP contribution in [0.25, 0.3) is 0 Å². The predicted octanol–water partition coefficient (Wildman–Crippen LogP) is 2.12. The van der Waals surface area contributed by atoms with E-state index in [1.54, 1.807) is 10.4 Å². The van der Waals surface area contributed by atoms with Crippen LogP contribution in [0.5, 0.6) is 0 Å². The van der Waals surface area contributed by atoms with Gasteiger partial charge in [-0.15, -0.1) is 0 Å². The predicted molar refractivity (Wildman–Crippen MR) is 109 cm³/mol. The Morgan fingerprint density at radius 2 is 1.79 bits per heavy atom. The highest BCUT2D eigenvalue weighted by Gasteiger charge is 2.49. The Kier molecular flexibility index (Phi) is 5.74. The van der Waals surface area contributed by atoms with Crippen LogP contribution in [-0.2, 0) is 10.0 Å². The van der Waals surface area contributed by atoms with Crippen molar-refractivity contribution in [3.63, 3.8) is 0 Å². The van der Waals surface area contributed by atoms with Crippen molar-refractivity contribution < 1.29 is 17.7 Å². The van der Waals surface area contributed by atoms with Crippen LogP contribution < -0.4 is 11.1 Å². The number of rotatable bonds is 5. The number of sulfonamides is 1. The third-order valence-electron chi connectivity index (χ3n) is 6.77. The van der Waals surface area contributed by atoms with E-state index in [1.807, 2.05) is 13.8 Å². The summed E-state index contributed by atoms with van der Waals surface area (Å²) in [5, 5.41) is 6.62. The van der Waals surface area contributed by atoms with Crippen molar-refractivity contribution in [3.05, 3.63) is 17.5 Å². The average Bonchev–Trinajstić information content (AvgIpc) is 3.26. The van der Waals surface area contributed by atoms with Gasteiger partial charge in [-0.05, 0) is 51.4 Å². The number of carbonyl (C=O) groups excluding carboxylic acids is 1. The van der Waals surface area contributed by atoms with Crippen LogP contribution in [0.2, 0.25) is 0 Å². The van der Waals surface area contributed by atoms with Gasteiger partial charge in [-0.25, -0.2) is 8.42 Å². The molecule has 2 saturated heterocycles. The second-order valence-corrected chi connectivity index (χ2v) is 11.3. The normalized spacial score (nSPS) is 33.2. The number of fused-ring (bicyclic) bond motifs is 2. The molecule has 1 aromatic heterocycles. The van der Waals surface area contributed by atoms with Crippen molar-refractivity contribution in [1.29, 1.82) is 0 Å². The summed E-state index contributed by atoms with van der Waals surface area (Å²) in [5.41, 5.74) is 6.24. The molecule has 1 aromatic rings. The molecule has 1 amide bonds. The van der Waals surface area contributed by atoms with Crippen molar-refractivity contribution >= 4 is 15.9 Å². The average molecular weight is 425 g/mol. The highest BCUT2D eigenvalue weighted by molar-refractivity contribution is 7.89. The number of hydrogen-bond acceptors (Lipinski definition) is 6. The molecule has 3 aliphatic rings. The topological polar surface area (TPSA) is 119 Å². The lowest BCUT2D eigenvalue weighted by Crippen LogP contribution is -2.55. The van der Waals surface area contributed by atoms with E-state index in [9.17, 15) is 13.2 Å². The van der Waals surface area contributed by atoms with Gasteiger partial charge in [-0.1, -0.05) is 19.0 Å². The van der Waals surface area contributed by atoms with Crippen molar-refractivity contribution in [1.82, 2.24) is 14.8 Å². The van der Waals surface area contributed by atoms with Gasteiger partial charge in [0.2, 0.25) is 10.0 Å². The third kappa shape index (κ3) is 4.09. The Morgan fingerprint density at radius 1 is 1.17 bits per heavy atom. The zero-order chi connectivity index (χ0) is 20.8. The number of nitrogens with zero attached hydrogens (tertiary/aromatic N) is 2. The molecule has 2 bridgehead atoms. The molecule has 3 heterocycles. The number of carbonyl (C=O) groups is 1. The monoisotopic (exact) mass is 424 g/mol. The third-order valence-corrected chi connectivity index (χ3v) is 9.26. The molecule has 0 unspecified atom stereocenters. The Hall–Kier alpha value is -1.45. The van der Waals surface area contributed by atoms with Crippen LogP contribution in [0.15, 0.2) is 10.6 Å². The maximum Gasteiger partial charge on any atom is 0.273 e. The van der Waals surface area contributed by atoms with Gasteiger partial charge < -0.3 is 15.6 Å². The van der Waals surface area contributed by atoms with Crippen molar-refractivity contribution in [3.8, 4) is 0 Å². The number of amides is 1. The molecule has 3 N–H and O–H groups in total. The molecular formula is C20H32N4O4S. The lowest BCUT2D eigenvalue weighted by atomic mass is 9.96. The molecule has 1 aliphatic carbocycles. The Morgan fingerprint density at radius 3 is 2.34 bits per heavy atom. The minimum Gasteiger partial charge on any atom is -0.360 e. The quantitative estimate of drug-likeness (QED) is 0.747. The first kappa shape index (κ1) is 20.8. The summed E-state index contributed by atoms with van der Waals surface area (Å²) >= 11 is 0. The minimum atomic E-state index is -3.32. The highest BCUT2D eigenvalue weighted by Crippen LogP contribution is 2.40. The maximum absolute atomic E-state index is 13.3. The van der Waals surface area contributed by atoms with Gasteiger partial charge in [0.1, 0.15) is 5.76 Å².